The van der Waals surface area contributed by atoms with Crippen LogP contribution in [0.4, 0.5) is 0 Å². The summed E-state index contributed by atoms with van der Waals surface area (Å²) in [5.74, 6) is 0. The third kappa shape index (κ3) is 3.46. The van der Waals surface area contributed by atoms with Crippen molar-refractivity contribution in [3.05, 3.63) is 68.6 Å². The molecule has 6 heteroatoms. The van der Waals surface area contributed by atoms with Crippen molar-refractivity contribution in [1.29, 1.82) is 0 Å². The highest BCUT2D eigenvalue weighted by Gasteiger charge is 2.17. The molecule has 3 rings (SSSR count). The lowest BCUT2D eigenvalue weighted by molar-refractivity contribution is 0.988. The number of hydrogen-bond acceptors (Lipinski definition) is 3. The Morgan fingerprint density at radius 1 is 1.05 bits per heavy atom. The van der Waals surface area contributed by atoms with Gasteiger partial charge in [0.05, 0.1) is 0 Å². The van der Waals surface area contributed by atoms with Gasteiger partial charge < -0.3 is 0 Å². The summed E-state index contributed by atoms with van der Waals surface area (Å²) in [6.45, 7) is 0. The Bertz CT molecular complexity index is 741. The van der Waals surface area contributed by atoms with Gasteiger partial charge in [0.15, 0.2) is 0 Å². The molecule has 0 spiro atoms. The number of halogens is 3. The van der Waals surface area contributed by atoms with Crippen LogP contribution < -0.4 is 0 Å². The van der Waals surface area contributed by atoms with Crippen molar-refractivity contribution in [3.8, 4) is 10.6 Å². The van der Waals surface area contributed by atoms with E-state index in [1.54, 1.807) is 0 Å². The summed E-state index contributed by atoms with van der Waals surface area (Å²) in [4.78, 5) is 0. The fraction of sp³-hybridized carbons (Fsp3) is 0.0667. The van der Waals surface area contributed by atoms with E-state index in [0.717, 1.165) is 25.6 Å². The molecule has 0 N–H and O–H groups in total. The van der Waals surface area contributed by atoms with Gasteiger partial charge in [-0.25, -0.2) is 0 Å². The van der Waals surface area contributed by atoms with E-state index in [2.05, 4.69) is 26.1 Å². The van der Waals surface area contributed by atoms with Gasteiger partial charge in [-0.05, 0) is 23.8 Å². The molecule has 1 heterocycles. The van der Waals surface area contributed by atoms with Crippen molar-refractivity contribution >= 4 is 50.5 Å². The predicted molar refractivity (Wildman–Crippen MR) is 92.2 cm³/mol. The largest absolute Gasteiger partial charge is 0.147 e. The van der Waals surface area contributed by atoms with E-state index in [-0.39, 0.29) is 5.38 Å². The quantitative estimate of drug-likeness (QED) is 0.508. The topological polar surface area (TPSA) is 25.8 Å². The molecule has 21 heavy (non-hydrogen) atoms. The maximum absolute atomic E-state index is 6.47. The number of alkyl halides is 1. The highest BCUT2D eigenvalue weighted by atomic mass is 79.9. The van der Waals surface area contributed by atoms with Crippen LogP contribution in [-0.4, -0.2) is 10.2 Å². The van der Waals surface area contributed by atoms with Crippen LogP contribution in [0.2, 0.25) is 5.02 Å². The second-order valence-electron chi connectivity index (χ2n) is 4.38. The molecule has 106 valence electrons. The second-order valence-corrected chi connectivity index (χ2v) is 7.17. The zero-order chi connectivity index (χ0) is 14.8. The first kappa shape index (κ1) is 15.0. The molecule has 0 fully saturated rings. The second kappa shape index (κ2) is 6.44. The lowest BCUT2D eigenvalue weighted by Gasteiger charge is -2.04. The SMILES string of the molecule is Clc1cc(Br)cc(-c2nnc(C(Cl)c3ccccc3)s2)c1. The van der Waals surface area contributed by atoms with Gasteiger partial charge >= 0.3 is 0 Å². The van der Waals surface area contributed by atoms with Gasteiger partial charge in [0.2, 0.25) is 0 Å². The molecule has 0 saturated heterocycles. The van der Waals surface area contributed by atoms with Crippen molar-refractivity contribution in [2.45, 2.75) is 5.38 Å². The summed E-state index contributed by atoms with van der Waals surface area (Å²) in [6, 6.07) is 15.5. The number of aromatic nitrogens is 2. The molecule has 2 nitrogen and oxygen atoms in total. The first-order chi connectivity index (χ1) is 10.1. The monoisotopic (exact) mass is 398 g/mol. The molecule has 0 amide bonds. The molecular weight excluding hydrogens is 391 g/mol. The van der Waals surface area contributed by atoms with Crippen LogP contribution in [0.5, 0.6) is 0 Å². The maximum atomic E-state index is 6.47. The third-order valence-corrected chi connectivity index (χ3v) is 5.16. The van der Waals surface area contributed by atoms with Gasteiger partial charge in [-0.2, -0.15) is 0 Å². The summed E-state index contributed by atoms with van der Waals surface area (Å²) >= 11 is 17.4. The van der Waals surface area contributed by atoms with E-state index >= 15 is 0 Å². The minimum atomic E-state index is -0.292. The number of hydrogen-bond donors (Lipinski definition) is 0. The number of nitrogens with zero attached hydrogens (tertiary/aromatic N) is 2. The van der Waals surface area contributed by atoms with Crippen molar-refractivity contribution in [3.63, 3.8) is 0 Å². The average molecular weight is 400 g/mol. The van der Waals surface area contributed by atoms with E-state index in [4.69, 9.17) is 23.2 Å². The summed E-state index contributed by atoms with van der Waals surface area (Å²) in [6.07, 6.45) is 0. The van der Waals surface area contributed by atoms with Gasteiger partial charge in [0.25, 0.3) is 0 Å². The van der Waals surface area contributed by atoms with Gasteiger partial charge in [-0.3, -0.25) is 0 Å². The van der Waals surface area contributed by atoms with Gasteiger partial charge in [0.1, 0.15) is 15.4 Å². The van der Waals surface area contributed by atoms with Crippen LogP contribution in [0.25, 0.3) is 10.6 Å². The number of rotatable bonds is 3. The Kier molecular flexibility index (Phi) is 4.60. The zero-order valence-corrected chi connectivity index (χ0v) is 14.5. The Morgan fingerprint density at radius 2 is 1.81 bits per heavy atom. The van der Waals surface area contributed by atoms with Gasteiger partial charge in [-0.1, -0.05) is 69.2 Å². The van der Waals surface area contributed by atoms with Crippen LogP contribution in [-0.2, 0) is 0 Å². The Hall–Kier alpha value is -0.940. The molecule has 3 aromatic rings. The van der Waals surface area contributed by atoms with Crippen molar-refractivity contribution in [1.82, 2.24) is 10.2 Å². The molecule has 0 aliphatic heterocycles. The van der Waals surface area contributed by atoms with E-state index in [1.807, 2.05) is 48.5 Å². The summed E-state index contributed by atoms with van der Waals surface area (Å²) in [5.41, 5.74) is 1.93. The summed E-state index contributed by atoms with van der Waals surface area (Å²) in [7, 11) is 0. The van der Waals surface area contributed by atoms with Crippen LogP contribution in [0.3, 0.4) is 0 Å². The molecule has 0 radical (unpaired) electrons. The molecule has 2 aromatic carbocycles. The van der Waals surface area contributed by atoms with E-state index in [1.165, 1.54) is 11.3 Å². The fourth-order valence-electron chi connectivity index (χ4n) is 1.90. The molecule has 1 aromatic heterocycles. The summed E-state index contributed by atoms with van der Waals surface area (Å²) in [5, 5.41) is 10.4. The fourth-order valence-corrected chi connectivity index (χ4v) is 3.92. The Labute approximate surface area is 144 Å². The van der Waals surface area contributed by atoms with Crippen LogP contribution >= 0.6 is 50.5 Å². The van der Waals surface area contributed by atoms with Crippen LogP contribution in [0, 0.1) is 0 Å². The predicted octanol–water partition coefficient (Wildman–Crippen LogP) is 5.95. The molecule has 0 bridgehead atoms. The van der Waals surface area contributed by atoms with Gasteiger partial charge in [-0.15, -0.1) is 21.8 Å². The van der Waals surface area contributed by atoms with E-state index in [0.29, 0.717) is 5.02 Å². The molecule has 1 atom stereocenters. The lowest BCUT2D eigenvalue weighted by Crippen LogP contribution is -1.91. The average Bonchev–Trinajstić information content (AvgIpc) is 2.96. The van der Waals surface area contributed by atoms with Crippen LogP contribution in [0.15, 0.2) is 53.0 Å². The molecular formula is C15H9BrCl2N2S. The Morgan fingerprint density at radius 3 is 2.52 bits per heavy atom. The first-order valence-corrected chi connectivity index (χ1v) is 8.55. The highest BCUT2D eigenvalue weighted by molar-refractivity contribution is 9.10. The van der Waals surface area contributed by atoms with Gasteiger partial charge in [0, 0.05) is 15.1 Å². The molecule has 0 saturated carbocycles. The van der Waals surface area contributed by atoms with E-state index in [9.17, 15) is 0 Å². The van der Waals surface area contributed by atoms with Crippen LogP contribution in [0.1, 0.15) is 15.9 Å². The van der Waals surface area contributed by atoms with Crippen molar-refractivity contribution in [2.75, 3.05) is 0 Å². The molecule has 1 unspecified atom stereocenters. The minimum absolute atomic E-state index is 0.292. The normalized spacial score (nSPS) is 12.3. The number of benzene rings is 2. The van der Waals surface area contributed by atoms with E-state index < -0.39 is 0 Å². The third-order valence-electron chi connectivity index (χ3n) is 2.86. The standard InChI is InChI=1S/C15H9BrCl2N2S/c16-11-6-10(7-12(17)8-11)14-19-20-15(21-14)13(18)9-4-2-1-3-5-9/h1-8,13H. The Balaban J connectivity index is 1.93. The molecule has 0 aliphatic rings. The zero-order valence-electron chi connectivity index (χ0n) is 10.6. The first-order valence-electron chi connectivity index (χ1n) is 6.12. The smallest absolute Gasteiger partial charge is 0.141 e. The highest BCUT2D eigenvalue weighted by Crippen LogP contribution is 2.35. The minimum Gasteiger partial charge on any atom is -0.141 e. The lowest BCUT2D eigenvalue weighted by atomic mass is 10.1. The maximum Gasteiger partial charge on any atom is 0.147 e. The van der Waals surface area contributed by atoms with Crippen molar-refractivity contribution in [2.24, 2.45) is 0 Å². The summed E-state index contributed by atoms with van der Waals surface area (Å²) < 4.78 is 0.909. The molecule has 0 aliphatic carbocycles. The van der Waals surface area contributed by atoms with Crippen molar-refractivity contribution < 1.29 is 0 Å².